The van der Waals surface area contributed by atoms with Gasteiger partial charge in [-0.3, -0.25) is 0 Å². The number of esters is 1. The molecule has 0 fully saturated rings. The number of methoxy groups -OCH3 is 1. The van der Waals surface area contributed by atoms with Gasteiger partial charge in [0.2, 0.25) is 0 Å². The number of rotatable bonds is 6. The van der Waals surface area contributed by atoms with Gasteiger partial charge in [-0.15, -0.1) is 0 Å². The maximum atomic E-state index is 10.5. The van der Waals surface area contributed by atoms with Crippen LogP contribution in [0.15, 0.2) is 0 Å². The number of carbonyl (C=O) groups excluding carboxylic acids is 1. The molecule has 0 heterocycles. The largest absolute Gasteiger partial charge is 0.467 e. The predicted molar refractivity (Wildman–Crippen MR) is 42.4 cm³/mol. The molecule has 0 aromatic rings. The van der Waals surface area contributed by atoms with Crippen LogP contribution >= 0.6 is 0 Å². The van der Waals surface area contributed by atoms with Gasteiger partial charge in [-0.05, 0) is 6.42 Å². The fourth-order valence-corrected chi connectivity index (χ4v) is 0.669. The maximum Gasteiger partial charge on any atom is 0.331 e. The Balaban J connectivity index is 2.95. The molecule has 0 bridgehead atoms. The van der Waals surface area contributed by atoms with E-state index in [1.165, 1.54) is 13.5 Å². The Morgan fingerprint density at radius 2 is 2.09 bits per heavy atom. The second-order valence-corrected chi connectivity index (χ2v) is 2.34. The molecule has 0 radical (unpaired) electrons. The lowest BCUT2D eigenvalue weighted by Crippen LogP contribution is -2.10. The minimum absolute atomic E-state index is 0.0835. The van der Waals surface area contributed by atoms with E-state index in [4.69, 9.17) is 4.74 Å². The van der Waals surface area contributed by atoms with Crippen LogP contribution in [0.2, 0.25) is 0 Å². The normalized spacial score (nSPS) is 9.64. The lowest BCUT2D eigenvalue weighted by molar-refractivity contribution is -0.145. The van der Waals surface area contributed by atoms with Gasteiger partial charge >= 0.3 is 5.97 Å². The molecule has 3 heteroatoms. The molecule has 0 saturated heterocycles. The van der Waals surface area contributed by atoms with Crippen molar-refractivity contribution in [1.29, 1.82) is 0 Å². The van der Waals surface area contributed by atoms with Gasteiger partial charge in [-0.1, -0.05) is 19.8 Å². The van der Waals surface area contributed by atoms with Crippen LogP contribution in [0.1, 0.15) is 26.2 Å². The summed E-state index contributed by atoms with van der Waals surface area (Å²) >= 11 is 0. The minimum Gasteiger partial charge on any atom is -0.467 e. The van der Waals surface area contributed by atoms with Crippen molar-refractivity contribution in [2.24, 2.45) is 0 Å². The molecule has 66 valence electrons. The monoisotopic (exact) mass is 160 g/mol. The highest BCUT2D eigenvalue weighted by Crippen LogP contribution is 1.93. The highest BCUT2D eigenvalue weighted by Gasteiger charge is 1.97. The third-order valence-corrected chi connectivity index (χ3v) is 1.34. The van der Waals surface area contributed by atoms with E-state index in [0.717, 1.165) is 12.8 Å². The Kier molecular flexibility index (Phi) is 7.15. The summed E-state index contributed by atoms with van der Waals surface area (Å²) in [4.78, 5) is 10.5. The second kappa shape index (κ2) is 7.54. The molecular formula is C8H16O3. The molecule has 11 heavy (non-hydrogen) atoms. The molecule has 0 spiro atoms. The second-order valence-electron chi connectivity index (χ2n) is 2.34. The van der Waals surface area contributed by atoms with Crippen molar-refractivity contribution in [3.8, 4) is 0 Å². The Morgan fingerprint density at radius 3 is 2.64 bits per heavy atom. The van der Waals surface area contributed by atoms with Crippen molar-refractivity contribution >= 4 is 5.97 Å². The molecule has 3 nitrogen and oxygen atoms in total. The summed E-state index contributed by atoms with van der Waals surface area (Å²) < 4.78 is 9.41. The zero-order chi connectivity index (χ0) is 8.53. The van der Waals surface area contributed by atoms with E-state index in [1.54, 1.807) is 0 Å². The summed E-state index contributed by atoms with van der Waals surface area (Å²) in [5.41, 5.74) is 0. The van der Waals surface area contributed by atoms with Gasteiger partial charge in [0.15, 0.2) is 0 Å². The SMILES string of the molecule is CCCCCOCC(=O)OC. The molecule has 0 aliphatic heterocycles. The van der Waals surface area contributed by atoms with E-state index in [1.807, 2.05) is 0 Å². The fraction of sp³-hybridized carbons (Fsp3) is 0.875. The van der Waals surface area contributed by atoms with E-state index in [0.29, 0.717) is 6.61 Å². The number of hydrogen-bond acceptors (Lipinski definition) is 3. The van der Waals surface area contributed by atoms with Crippen LogP contribution in [0.5, 0.6) is 0 Å². The Bertz CT molecular complexity index is 102. The van der Waals surface area contributed by atoms with Gasteiger partial charge in [0.1, 0.15) is 6.61 Å². The number of hydrogen-bond donors (Lipinski definition) is 0. The van der Waals surface area contributed by atoms with Crippen molar-refractivity contribution in [3.05, 3.63) is 0 Å². The van der Waals surface area contributed by atoms with E-state index in [9.17, 15) is 4.79 Å². The molecular weight excluding hydrogens is 144 g/mol. The first-order chi connectivity index (χ1) is 5.31. The third-order valence-electron chi connectivity index (χ3n) is 1.34. The number of carbonyl (C=O) groups is 1. The van der Waals surface area contributed by atoms with E-state index in [2.05, 4.69) is 11.7 Å². The van der Waals surface area contributed by atoms with E-state index in [-0.39, 0.29) is 12.6 Å². The lowest BCUT2D eigenvalue weighted by Gasteiger charge is -2.00. The Labute approximate surface area is 67.7 Å². The quantitative estimate of drug-likeness (QED) is 0.435. The highest BCUT2D eigenvalue weighted by molar-refractivity contribution is 5.70. The Hall–Kier alpha value is -0.570. The molecule has 0 aromatic heterocycles. The van der Waals surface area contributed by atoms with Crippen LogP contribution in [0, 0.1) is 0 Å². The van der Waals surface area contributed by atoms with Crippen molar-refractivity contribution in [3.63, 3.8) is 0 Å². The molecule has 0 aliphatic carbocycles. The minimum atomic E-state index is -0.304. The van der Waals surface area contributed by atoms with Gasteiger partial charge in [0, 0.05) is 6.61 Å². The molecule has 0 rings (SSSR count). The summed E-state index contributed by atoms with van der Waals surface area (Å²) in [5.74, 6) is -0.304. The predicted octanol–water partition coefficient (Wildman–Crippen LogP) is 1.37. The highest BCUT2D eigenvalue weighted by atomic mass is 16.6. The topological polar surface area (TPSA) is 35.5 Å². The maximum absolute atomic E-state index is 10.5. The first-order valence-electron chi connectivity index (χ1n) is 3.95. The lowest BCUT2D eigenvalue weighted by atomic mass is 10.3. The summed E-state index contributed by atoms with van der Waals surface area (Å²) in [5, 5.41) is 0. The molecule has 0 aromatic carbocycles. The van der Waals surface area contributed by atoms with Crippen molar-refractivity contribution in [1.82, 2.24) is 0 Å². The van der Waals surface area contributed by atoms with Gasteiger partial charge < -0.3 is 9.47 Å². The standard InChI is InChI=1S/C8H16O3/c1-3-4-5-6-11-7-8(9)10-2/h3-7H2,1-2H3. The average molecular weight is 160 g/mol. The van der Waals surface area contributed by atoms with Crippen LogP contribution in [0.3, 0.4) is 0 Å². The van der Waals surface area contributed by atoms with Crippen LogP contribution < -0.4 is 0 Å². The fourth-order valence-electron chi connectivity index (χ4n) is 0.669. The van der Waals surface area contributed by atoms with Gasteiger partial charge in [-0.2, -0.15) is 0 Å². The molecule has 0 aliphatic rings. The number of ether oxygens (including phenoxy) is 2. The van der Waals surface area contributed by atoms with Gasteiger partial charge in [-0.25, -0.2) is 4.79 Å². The zero-order valence-electron chi connectivity index (χ0n) is 7.26. The van der Waals surface area contributed by atoms with Crippen molar-refractivity contribution < 1.29 is 14.3 Å². The van der Waals surface area contributed by atoms with Crippen LogP contribution in [0.4, 0.5) is 0 Å². The molecule has 0 atom stereocenters. The summed E-state index contributed by atoms with van der Waals surface area (Å²) in [6.45, 7) is 2.86. The third kappa shape index (κ3) is 7.33. The van der Waals surface area contributed by atoms with Gasteiger partial charge in [0.05, 0.1) is 7.11 Å². The number of unbranched alkanes of at least 4 members (excludes halogenated alkanes) is 2. The van der Waals surface area contributed by atoms with Crippen LogP contribution in [0.25, 0.3) is 0 Å². The van der Waals surface area contributed by atoms with E-state index < -0.39 is 0 Å². The zero-order valence-corrected chi connectivity index (χ0v) is 7.26. The first kappa shape index (κ1) is 10.4. The molecule has 0 saturated carbocycles. The summed E-state index contributed by atoms with van der Waals surface area (Å²) in [7, 11) is 1.36. The summed E-state index contributed by atoms with van der Waals surface area (Å²) in [6.07, 6.45) is 3.34. The summed E-state index contributed by atoms with van der Waals surface area (Å²) in [6, 6.07) is 0. The smallest absolute Gasteiger partial charge is 0.331 e. The first-order valence-corrected chi connectivity index (χ1v) is 3.95. The van der Waals surface area contributed by atoms with Gasteiger partial charge in [0.25, 0.3) is 0 Å². The van der Waals surface area contributed by atoms with Crippen LogP contribution in [-0.2, 0) is 14.3 Å². The molecule has 0 N–H and O–H groups in total. The van der Waals surface area contributed by atoms with Crippen LogP contribution in [-0.4, -0.2) is 26.3 Å². The van der Waals surface area contributed by atoms with Crippen molar-refractivity contribution in [2.45, 2.75) is 26.2 Å². The average Bonchev–Trinajstić information content (AvgIpc) is 2.04. The Morgan fingerprint density at radius 1 is 1.36 bits per heavy atom. The molecule has 0 amide bonds. The molecule has 0 unspecified atom stereocenters. The van der Waals surface area contributed by atoms with E-state index >= 15 is 0 Å². The van der Waals surface area contributed by atoms with Crippen molar-refractivity contribution in [2.75, 3.05) is 20.3 Å².